The van der Waals surface area contributed by atoms with Gasteiger partial charge in [0.2, 0.25) is 0 Å². The second kappa shape index (κ2) is 8.86. The summed E-state index contributed by atoms with van der Waals surface area (Å²) in [5.41, 5.74) is 3.01. The zero-order chi connectivity index (χ0) is 20.2. The highest BCUT2D eigenvalue weighted by atomic mass is 32.1. The lowest BCUT2D eigenvalue weighted by Crippen LogP contribution is -2.45. The van der Waals surface area contributed by atoms with Gasteiger partial charge in [-0.15, -0.1) is 11.3 Å². The maximum Gasteiger partial charge on any atom is 0.267 e. The maximum absolute atomic E-state index is 12.5. The fraction of sp³-hybridized carbons (Fsp3) is 0.381. The van der Waals surface area contributed by atoms with Crippen LogP contribution in [-0.4, -0.2) is 70.2 Å². The van der Waals surface area contributed by atoms with Crippen molar-refractivity contribution in [3.05, 3.63) is 53.3 Å². The molecule has 1 N–H and O–H groups in total. The van der Waals surface area contributed by atoms with Gasteiger partial charge in [0, 0.05) is 57.2 Å². The lowest BCUT2D eigenvalue weighted by Gasteiger charge is -2.32. The molecule has 3 heterocycles. The summed E-state index contributed by atoms with van der Waals surface area (Å²) in [5, 5.41) is 7.90. The van der Waals surface area contributed by atoms with Crippen molar-refractivity contribution in [3.63, 3.8) is 0 Å². The third-order valence-corrected chi connectivity index (χ3v) is 6.25. The summed E-state index contributed by atoms with van der Waals surface area (Å²) in [4.78, 5) is 22.4. The molecule has 1 aliphatic heterocycles. The number of aryl methyl sites for hydroxylation is 1. The number of benzene rings is 1. The lowest BCUT2D eigenvalue weighted by atomic mass is 10.1. The van der Waals surface area contributed by atoms with E-state index in [0.717, 1.165) is 55.4 Å². The average Bonchev–Trinajstić information content (AvgIpc) is 3.38. The van der Waals surface area contributed by atoms with Crippen molar-refractivity contribution in [1.29, 1.82) is 0 Å². The highest BCUT2D eigenvalue weighted by Gasteiger charge is 2.14. The number of hydrogen-bond donors (Lipinski definition) is 1. The van der Waals surface area contributed by atoms with Gasteiger partial charge in [0.1, 0.15) is 9.88 Å². The number of likely N-dealkylation sites (N-methyl/N-ethyl adjacent to an activating group) is 1. The third kappa shape index (κ3) is 5.09. The molecule has 0 bridgehead atoms. The SMILES string of the molecule is CN1CCN(CCc2ccc(NC(=O)c3cnc(-c4cnn(C)c4)s3)cc2)CC1. The third-order valence-electron chi connectivity index (χ3n) is 5.21. The van der Waals surface area contributed by atoms with E-state index in [1.165, 1.54) is 16.9 Å². The Hall–Kier alpha value is -2.55. The molecular weight excluding hydrogens is 384 g/mol. The molecule has 0 saturated carbocycles. The van der Waals surface area contributed by atoms with E-state index in [0.29, 0.717) is 4.88 Å². The van der Waals surface area contributed by atoms with Gasteiger partial charge in [-0.05, 0) is 31.2 Å². The Balaban J connectivity index is 1.30. The minimum absolute atomic E-state index is 0.136. The number of aromatic nitrogens is 3. The topological polar surface area (TPSA) is 66.3 Å². The van der Waals surface area contributed by atoms with Crippen molar-refractivity contribution < 1.29 is 4.79 Å². The van der Waals surface area contributed by atoms with Gasteiger partial charge in [-0.1, -0.05) is 12.1 Å². The van der Waals surface area contributed by atoms with Crippen LogP contribution in [0.1, 0.15) is 15.2 Å². The maximum atomic E-state index is 12.5. The summed E-state index contributed by atoms with van der Waals surface area (Å²) in [6, 6.07) is 8.14. The molecular formula is C21H26N6OS. The number of nitrogens with zero attached hydrogens (tertiary/aromatic N) is 5. The van der Waals surface area contributed by atoms with Crippen LogP contribution in [0.5, 0.6) is 0 Å². The van der Waals surface area contributed by atoms with Crippen LogP contribution in [0.4, 0.5) is 5.69 Å². The Morgan fingerprint density at radius 3 is 2.55 bits per heavy atom. The van der Waals surface area contributed by atoms with Gasteiger partial charge in [0.25, 0.3) is 5.91 Å². The predicted octanol–water partition coefficient (Wildman–Crippen LogP) is 2.59. The van der Waals surface area contributed by atoms with E-state index in [4.69, 9.17) is 0 Å². The zero-order valence-electron chi connectivity index (χ0n) is 16.8. The first-order valence-electron chi connectivity index (χ1n) is 9.83. The Morgan fingerprint density at radius 1 is 1.10 bits per heavy atom. The molecule has 0 atom stereocenters. The molecule has 1 amide bonds. The molecule has 1 saturated heterocycles. The van der Waals surface area contributed by atoms with Gasteiger partial charge >= 0.3 is 0 Å². The number of rotatable bonds is 6. The summed E-state index contributed by atoms with van der Waals surface area (Å²) in [6.07, 6.45) is 6.29. The Labute approximate surface area is 175 Å². The Kier molecular flexibility index (Phi) is 6.03. The van der Waals surface area contributed by atoms with E-state index in [9.17, 15) is 4.79 Å². The molecule has 0 unspecified atom stereocenters. The van der Waals surface area contributed by atoms with Crippen LogP contribution in [0.2, 0.25) is 0 Å². The first-order chi connectivity index (χ1) is 14.1. The fourth-order valence-corrected chi connectivity index (χ4v) is 4.14. The number of anilines is 1. The summed E-state index contributed by atoms with van der Waals surface area (Å²) in [6.45, 7) is 5.65. The zero-order valence-corrected chi connectivity index (χ0v) is 17.7. The van der Waals surface area contributed by atoms with E-state index < -0.39 is 0 Å². The molecule has 4 rings (SSSR count). The largest absolute Gasteiger partial charge is 0.321 e. The predicted molar refractivity (Wildman–Crippen MR) is 116 cm³/mol. The molecule has 152 valence electrons. The van der Waals surface area contributed by atoms with Gasteiger partial charge in [-0.3, -0.25) is 9.48 Å². The van der Waals surface area contributed by atoms with E-state index in [2.05, 4.69) is 44.4 Å². The normalized spacial score (nSPS) is 15.5. The van der Waals surface area contributed by atoms with Crippen LogP contribution in [0.15, 0.2) is 42.9 Å². The molecule has 3 aromatic rings. The van der Waals surface area contributed by atoms with E-state index >= 15 is 0 Å². The van der Waals surface area contributed by atoms with Gasteiger partial charge in [0.15, 0.2) is 0 Å². The van der Waals surface area contributed by atoms with Gasteiger partial charge < -0.3 is 15.1 Å². The van der Waals surface area contributed by atoms with Crippen LogP contribution in [0, 0.1) is 0 Å². The highest BCUT2D eigenvalue weighted by molar-refractivity contribution is 7.17. The molecule has 0 spiro atoms. The summed E-state index contributed by atoms with van der Waals surface area (Å²) < 4.78 is 1.72. The number of carbonyl (C=O) groups is 1. The van der Waals surface area contributed by atoms with Crippen LogP contribution >= 0.6 is 11.3 Å². The number of nitrogens with one attached hydrogen (secondary N) is 1. The van der Waals surface area contributed by atoms with Crippen molar-refractivity contribution >= 4 is 22.9 Å². The van der Waals surface area contributed by atoms with E-state index in [-0.39, 0.29) is 5.91 Å². The first-order valence-corrected chi connectivity index (χ1v) is 10.6. The standard InChI is InChI=1S/C21H26N6OS/c1-25-9-11-27(12-10-25)8-7-16-3-5-18(6-4-16)24-20(28)19-14-22-21(29-19)17-13-23-26(2)15-17/h3-6,13-15H,7-12H2,1-2H3,(H,24,28). The van der Waals surface area contributed by atoms with Crippen LogP contribution < -0.4 is 5.32 Å². The van der Waals surface area contributed by atoms with Crippen molar-refractivity contribution in [1.82, 2.24) is 24.6 Å². The van der Waals surface area contributed by atoms with Crippen LogP contribution in [0.3, 0.4) is 0 Å². The molecule has 2 aromatic heterocycles. The minimum Gasteiger partial charge on any atom is -0.321 e. The lowest BCUT2D eigenvalue weighted by molar-refractivity contribution is 0.103. The Morgan fingerprint density at radius 2 is 1.86 bits per heavy atom. The number of amides is 1. The average molecular weight is 411 g/mol. The van der Waals surface area contributed by atoms with Crippen molar-refractivity contribution in [2.45, 2.75) is 6.42 Å². The summed E-state index contributed by atoms with van der Waals surface area (Å²) in [5.74, 6) is -0.136. The van der Waals surface area contributed by atoms with Crippen molar-refractivity contribution in [2.24, 2.45) is 7.05 Å². The van der Waals surface area contributed by atoms with Gasteiger partial charge in [-0.25, -0.2) is 4.98 Å². The molecule has 0 aliphatic carbocycles. The summed E-state index contributed by atoms with van der Waals surface area (Å²) in [7, 11) is 4.04. The van der Waals surface area contributed by atoms with E-state index in [1.54, 1.807) is 17.1 Å². The Bertz CT molecular complexity index is 956. The molecule has 1 fully saturated rings. The molecule has 1 aliphatic rings. The van der Waals surface area contributed by atoms with Crippen LogP contribution in [-0.2, 0) is 13.5 Å². The van der Waals surface area contributed by atoms with Crippen molar-refractivity contribution in [2.75, 3.05) is 45.1 Å². The van der Waals surface area contributed by atoms with Gasteiger partial charge in [0.05, 0.1) is 12.4 Å². The molecule has 1 aromatic carbocycles. The highest BCUT2D eigenvalue weighted by Crippen LogP contribution is 2.25. The monoisotopic (exact) mass is 410 g/mol. The van der Waals surface area contributed by atoms with Gasteiger partial charge in [-0.2, -0.15) is 5.10 Å². The quantitative estimate of drug-likeness (QED) is 0.677. The fourth-order valence-electron chi connectivity index (χ4n) is 3.35. The molecule has 29 heavy (non-hydrogen) atoms. The summed E-state index contributed by atoms with van der Waals surface area (Å²) >= 11 is 1.37. The number of hydrogen-bond acceptors (Lipinski definition) is 6. The van der Waals surface area contributed by atoms with E-state index in [1.807, 2.05) is 25.4 Å². The second-order valence-corrected chi connectivity index (χ2v) is 8.51. The molecule has 0 radical (unpaired) electrons. The number of thiazole rings is 1. The molecule has 7 nitrogen and oxygen atoms in total. The minimum atomic E-state index is -0.136. The van der Waals surface area contributed by atoms with Crippen molar-refractivity contribution in [3.8, 4) is 10.6 Å². The first kappa shape index (κ1) is 19.8. The van der Waals surface area contributed by atoms with Crippen LogP contribution in [0.25, 0.3) is 10.6 Å². The number of carbonyl (C=O) groups excluding carboxylic acids is 1. The number of piperazine rings is 1. The second-order valence-electron chi connectivity index (χ2n) is 7.48. The molecule has 8 heteroatoms. The smallest absolute Gasteiger partial charge is 0.267 e.